The Morgan fingerprint density at radius 2 is 2.05 bits per heavy atom. The van der Waals surface area contributed by atoms with Crippen LogP contribution < -0.4 is 11.1 Å². The Morgan fingerprint density at radius 1 is 1.30 bits per heavy atom. The Balaban J connectivity index is 2.21. The van der Waals surface area contributed by atoms with E-state index in [4.69, 9.17) is 22.5 Å². The van der Waals surface area contributed by atoms with E-state index in [0.717, 1.165) is 5.56 Å². The molecule has 0 atom stereocenters. The lowest BCUT2D eigenvalue weighted by atomic mass is 10.1. The average molecular weight is 294 g/mol. The molecule has 0 heterocycles. The first-order valence-electron chi connectivity index (χ1n) is 5.86. The molecule has 104 valence electrons. The molecular formula is C14H13ClFN3O. The number of anilines is 1. The fraction of sp³-hybridized carbons (Fsp3) is 0.0714. The maximum atomic E-state index is 13.2. The largest absolute Gasteiger partial charge is 0.409 e. The summed E-state index contributed by atoms with van der Waals surface area (Å²) >= 11 is 5.97. The summed E-state index contributed by atoms with van der Waals surface area (Å²) in [6, 6.07) is 11.3. The second kappa shape index (κ2) is 6.25. The third-order valence-corrected chi connectivity index (χ3v) is 3.13. The van der Waals surface area contributed by atoms with Crippen LogP contribution in [0.15, 0.2) is 47.6 Å². The van der Waals surface area contributed by atoms with Crippen LogP contribution in [0, 0.1) is 5.82 Å². The number of rotatable bonds is 4. The minimum atomic E-state index is -0.374. The lowest BCUT2D eigenvalue weighted by Gasteiger charge is -2.11. The van der Waals surface area contributed by atoms with Crippen LogP contribution in [-0.4, -0.2) is 11.0 Å². The van der Waals surface area contributed by atoms with Gasteiger partial charge in [-0.05, 0) is 23.8 Å². The molecule has 0 aliphatic carbocycles. The highest BCUT2D eigenvalue weighted by molar-refractivity contribution is 6.33. The number of nitrogens with two attached hydrogens (primary N) is 1. The maximum absolute atomic E-state index is 13.2. The van der Waals surface area contributed by atoms with E-state index < -0.39 is 0 Å². The van der Waals surface area contributed by atoms with E-state index in [1.807, 2.05) is 12.1 Å². The van der Waals surface area contributed by atoms with Crippen molar-refractivity contribution in [3.05, 3.63) is 64.4 Å². The zero-order valence-corrected chi connectivity index (χ0v) is 11.2. The van der Waals surface area contributed by atoms with E-state index in [1.54, 1.807) is 12.1 Å². The summed E-state index contributed by atoms with van der Waals surface area (Å²) in [4.78, 5) is 0. The molecule has 0 aliphatic heterocycles. The van der Waals surface area contributed by atoms with Gasteiger partial charge in [-0.15, -0.1) is 0 Å². The standard InChI is InChI=1S/C14H13ClFN3O/c15-12-6-5-10(16)7-13(12)18-8-9-3-1-2-4-11(9)14(17)19-20/h1-7,18,20H,8H2,(H2,17,19). The van der Waals surface area contributed by atoms with E-state index in [2.05, 4.69) is 10.5 Å². The topological polar surface area (TPSA) is 70.6 Å². The van der Waals surface area contributed by atoms with Crippen molar-refractivity contribution in [3.8, 4) is 0 Å². The number of oxime groups is 1. The first-order valence-corrected chi connectivity index (χ1v) is 6.24. The van der Waals surface area contributed by atoms with E-state index in [-0.39, 0.29) is 11.7 Å². The Kier molecular flexibility index (Phi) is 4.42. The van der Waals surface area contributed by atoms with Gasteiger partial charge in [0.25, 0.3) is 0 Å². The summed E-state index contributed by atoms with van der Waals surface area (Å²) in [5, 5.41) is 15.2. The van der Waals surface area contributed by atoms with Gasteiger partial charge < -0.3 is 16.3 Å². The van der Waals surface area contributed by atoms with E-state index in [1.165, 1.54) is 18.2 Å². The molecule has 2 rings (SSSR count). The van der Waals surface area contributed by atoms with Crippen LogP contribution in [0.25, 0.3) is 0 Å². The minimum absolute atomic E-state index is 0.0211. The van der Waals surface area contributed by atoms with E-state index >= 15 is 0 Å². The Labute approximate surface area is 120 Å². The fourth-order valence-electron chi connectivity index (χ4n) is 1.80. The van der Waals surface area contributed by atoms with Crippen LogP contribution in [0.2, 0.25) is 5.02 Å². The Hall–Kier alpha value is -2.27. The summed E-state index contributed by atoms with van der Waals surface area (Å²) in [7, 11) is 0. The van der Waals surface area contributed by atoms with Gasteiger partial charge >= 0.3 is 0 Å². The van der Waals surface area contributed by atoms with Crippen molar-refractivity contribution in [1.82, 2.24) is 0 Å². The molecule has 0 aromatic heterocycles. The maximum Gasteiger partial charge on any atom is 0.170 e. The molecule has 0 saturated heterocycles. The number of nitrogens with zero attached hydrogens (tertiary/aromatic N) is 1. The molecule has 0 radical (unpaired) electrons. The number of nitrogens with one attached hydrogen (secondary N) is 1. The number of benzene rings is 2. The zero-order valence-electron chi connectivity index (χ0n) is 10.5. The highest BCUT2D eigenvalue weighted by Crippen LogP contribution is 2.23. The molecule has 2 aromatic carbocycles. The van der Waals surface area contributed by atoms with Crippen LogP contribution in [0.1, 0.15) is 11.1 Å². The molecule has 20 heavy (non-hydrogen) atoms. The molecule has 0 unspecified atom stereocenters. The molecule has 2 aromatic rings. The first kappa shape index (κ1) is 14.1. The summed E-state index contributed by atoms with van der Waals surface area (Å²) in [5.74, 6) is -0.352. The van der Waals surface area contributed by atoms with Gasteiger partial charge in [-0.3, -0.25) is 0 Å². The van der Waals surface area contributed by atoms with Crippen molar-refractivity contribution < 1.29 is 9.60 Å². The van der Waals surface area contributed by atoms with Gasteiger partial charge in [0, 0.05) is 12.1 Å². The molecule has 0 bridgehead atoms. The van der Waals surface area contributed by atoms with Crippen molar-refractivity contribution in [2.24, 2.45) is 10.9 Å². The molecule has 4 nitrogen and oxygen atoms in total. The fourth-order valence-corrected chi connectivity index (χ4v) is 1.99. The lowest BCUT2D eigenvalue weighted by Crippen LogP contribution is -2.16. The smallest absolute Gasteiger partial charge is 0.170 e. The minimum Gasteiger partial charge on any atom is -0.409 e. The van der Waals surface area contributed by atoms with Gasteiger partial charge in [0.1, 0.15) is 5.82 Å². The van der Waals surface area contributed by atoms with Crippen LogP contribution in [0.4, 0.5) is 10.1 Å². The van der Waals surface area contributed by atoms with E-state index in [0.29, 0.717) is 22.8 Å². The summed E-state index contributed by atoms with van der Waals surface area (Å²) in [6.45, 7) is 0.371. The molecule has 4 N–H and O–H groups in total. The summed E-state index contributed by atoms with van der Waals surface area (Å²) in [6.07, 6.45) is 0. The van der Waals surface area contributed by atoms with Crippen LogP contribution >= 0.6 is 11.6 Å². The van der Waals surface area contributed by atoms with Crippen LogP contribution in [-0.2, 0) is 6.54 Å². The quantitative estimate of drug-likeness (QED) is 0.351. The van der Waals surface area contributed by atoms with Gasteiger partial charge in [-0.1, -0.05) is 41.0 Å². The molecular weight excluding hydrogens is 281 g/mol. The van der Waals surface area contributed by atoms with Crippen molar-refractivity contribution in [3.63, 3.8) is 0 Å². The number of hydrogen-bond donors (Lipinski definition) is 3. The van der Waals surface area contributed by atoms with Gasteiger partial charge in [-0.2, -0.15) is 0 Å². The number of halogens is 2. The third kappa shape index (κ3) is 3.19. The summed E-state index contributed by atoms with van der Waals surface area (Å²) < 4.78 is 13.2. The molecule has 0 aliphatic rings. The van der Waals surface area contributed by atoms with Gasteiger partial charge in [0.05, 0.1) is 10.7 Å². The average Bonchev–Trinajstić information content (AvgIpc) is 2.47. The second-order valence-electron chi connectivity index (χ2n) is 4.12. The molecule has 0 amide bonds. The number of amidine groups is 1. The van der Waals surface area contributed by atoms with Gasteiger partial charge in [0.15, 0.2) is 5.84 Å². The first-order chi connectivity index (χ1) is 9.61. The van der Waals surface area contributed by atoms with Crippen LogP contribution in [0.5, 0.6) is 0 Å². The van der Waals surface area contributed by atoms with Crippen molar-refractivity contribution in [2.75, 3.05) is 5.32 Å². The molecule has 0 saturated carbocycles. The monoisotopic (exact) mass is 293 g/mol. The second-order valence-corrected chi connectivity index (χ2v) is 4.53. The van der Waals surface area contributed by atoms with Gasteiger partial charge in [0.2, 0.25) is 0 Å². The van der Waals surface area contributed by atoms with Crippen molar-refractivity contribution in [2.45, 2.75) is 6.54 Å². The Morgan fingerprint density at radius 3 is 2.80 bits per heavy atom. The zero-order chi connectivity index (χ0) is 14.5. The van der Waals surface area contributed by atoms with Crippen molar-refractivity contribution >= 4 is 23.1 Å². The molecule has 6 heteroatoms. The highest BCUT2D eigenvalue weighted by atomic mass is 35.5. The lowest BCUT2D eigenvalue weighted by molar-refractivity contribution is 0.318. The number of hydrogen-bond acceptors (Lipinski definition) is 3. The highest BCUT2D eigenvalue weighted by Gasteiger charge is 2.07. The third-order valence-electron chi connectivity index (χ3n) is 2.80. The predicted molar refractivity (Wildman–Crippen MR) is 77.7 cm³/mol. The van der Waals surface area contributed by atoms with E-state index in [9.17, 15) is 4.39 Å². The molecule has 0 fully saturated rings. The van der Waals surface area contributed by atoms with Gasteiger partial charge in [-0.25, -0.2) is 4.39 Å². The van der Waals surface area contributed by atoms with Crippen LogP contribution in [0.3, 0.4) is 0 Å². The normalized spacial score (nSPS) is 11.4. The SMILES string of the molecule is N/C(=N/O)c1ccccc1CNc1cc(F)ccc1Cl. The predicted octanol–water partition coefficient (Wildman–Crippen LogP) is 3.19. The van der Waals surface area contributed by atoms with Crippen molar-refractivity contribution in [1.29, 1.82) is 0 Å². The molecule has 0 spiro atoms. The summed E-state index contributed by atoms with van der Waals surface area (Å²) in [5.41, 5.74) is 7.51. The Bertz CT molecular complexity index is 646.